The first-order valence-electron chi connectivity index (χ1n) is 10.3. The van der Waals surface area contributed by atoms with Crippen molar-refractivity contribution >= 4 is 34.4 Å². The van der Waals surface area contributed by atoms with Crippen LogP contribution in [0.5, 0.6) is 0 Å². The molecule has 0 radical (unpaired) electrons. The molecule has 0 atom stereocenters. The summed E-state index contributed by atoms with van der Waals surface area (Å²) < 4.78 is 0. The molecule has 0 saturated carbocycles. The summed E-state index contributed by atoms with van der Waals surface area (Å²) in [6.45, 7) is 4.41. The number of carbonyl (C=O) groups excluding carboxylic acids is 1. The van der Waals surface area contributed by atoms with Crippen LogP contribution in [0.25, 0.3) is 10.4 Å². The lowest BCUT2D eigenvalue weighted by Gasteiger charge is -2.46. The Hall–Kier alpha value is -2.90. The van der Waals surface area contributed by atoms with E-state index in [9.17, 15) is 4.79 Å². The van der Waals surface area contributed by atoms with Crippen molar-refractivity contribution in [2.45, 2.75) is 12.8 Å². The molecule has 1 aromatic carbocycles. The third kappa shape index (κ3) is 3.66. The lowest BCUT2D eigenvalue weighted by molar-refractivity contribution is -0.364. The minimum atomic E-state index is -0.175. The molecule has 4 heterocycles. The topological polar surface area (TPSA) is 84.5 Å². The third-order valence-corrected chi connectivity index (χ3v) is 7.25. The summed E-state index contributed by atoms with van der Waals surface area (Å²) in [7, 11) is 0. The number of aromatic amines is 1. The van der Waals surface area contributed by atoms with Crippen LogP contribution in [0.3, 0.4) is 0 Å². The Morgan fingerprint density at radius 1 is 1.17 bits per heavy atom. The maximum Gasteiger partial charge on any atom is 0.274 e. The number of nitrogens with zero attached hydrogens (tertiary/aromatic N) is 1. The Kier molecular flexibility index (Phi) is 4.92. The van der Waals surface area contributed by atoms with Crippen LogP contribution in [0, 0.1) is 5.41 Å². The van der Waals surface area contributed by atoms with Crippen molar-refractivity contribution in [3.05, 3.63) is 59.6 Å². The van der Waals surface area contributed by atoms with Crippen molar-refractivity contribution in [2.75, 3.05) is 42.1 Å². The molecule has 7 heteroatoms. The molecule has 2 fully saturated rings. The number of hydrogen-bond acceptors (Lipinski definition) is 5. The number of carbonyl (C=O) groups is 1. The van der Waals surface area contributed by atoms with Gasteiger partial charge in [0.2, 0.25) is 0 Å². The van der Waals surface area contributed by atoms with Crippen molar-refractivity contribution in [3.8, 4) is 10.4 Å². The number of piperidine rings is 1. The van der Waals surface area contributed by atoms with Gasteiger partial charge in [0.25, 0.3) is 11.7 Å². The normalized spacial score (nSPS) is 17.5. The summed E-state index contributed by atoms with van der Waals surface area (Å²) in [6, 6.07) is 13.7. The largest absolute Gasteiger partial charge is 0.397 e. The number of rotatable bonds is 4. The summed E-state index contributed by atoms with van der Waals surface area (Å²) in [5.74, 6) is 0.888. The summed E-state index contributed by atoms with van der Waals surface area (Å²) in [4.78, 5) is 19.6. The van der Waals surface area contributed by atoms with Gasteiger partial charge in [-0.05, 0) is 48.1 Å². The average Bonchev–Trinajstić information content (AvgIpc) is 3.29. The number of nitrogens with two attached hydrogens (primary N) is 1. The van der Waals surface area contributed by atoms with Crippen LogP contribution in [-0.4, -0.2) is 32.1 Å². The zero-order chi connectivity index (χ0) is 20.6. The Morgan fingerprint density at radius 2 is 2.00 bits per heavy atom. The fourth-order valence-corrected chi connectivity index (χ4v) is 4.99. The number of pyridine rings is 1. The van der Waals surface area contributed by atoms with Gasteiger partial charge in [0.05, 0.1) is 30.0 Å². The standard InChI is InChI=1S/C23H25N5OS/c24-18-5-3-16(20-2-1-11-30-20)12-19(18)27-22(29)17-4-6-21(26-13-17)28-9-7-23(8-10-28)14-25-15-23/h1-6,11-13,25H,7-10,14-15,24H2,(H,27,29)/p+1. The molecular formula is C23H26N5OS+. The van der Waals surface area contributed by atoms with Crippen LogP contribution in [-0.2, 0) is 0 Å². The number of nitrogens with one attached hydrogen (secondary N) is 3. The van der Waals surface area contributed by atoms with Crippen molar-refractivity contribution in [3.63, 3.8) is 0 Å². The van der Waals surface area contributed by atoms with Gasteiger partial charge in [0.15, 0.2) is 0 Å². The van der Waals surface area contributed by atoms with E-state index in [0.717, 1.165) is 42.4 Å². The minimum Gasteiger partial charge on any atom is -0.397 e. The van der Waals surface area contributed by atoms with Crippen LogP contribution >= 0.6 is 11.3 Å². The summed E-state index contributed by atoms with van der Waals surface area (Å²) in [5.41, 5.74) is 9.43. The molecule has 2 aliphatic rings. The Bertz CT molecular complexity index is 1030. The molecule has 1 spiro atoms. The summed E-state index contributed by atoms with van der Waals surface area (Å²) in [5, 5.41) is 8.39. The molecule has 0 aliphatic carbocycles. The van der Waals surface area contributed by atoms with E-state index in [4.69, 9.17) is 5.73 Å². The SMILES string of the molecule is Nc1ccc(-c2cccs2)cc1NC(=O)c1ccc(N2CCC3(CC2)CNC3)[nH+]c1. The molecule has 154 valence electrons. The summed E-state index contributed by atoms with van der Waals surface area (Å²) in [6.07, 6.45) is 4.21. The molecule has 2 aromatic heterocycles. The maximum atomic E-state index is 12.8. The minimum absolute atomic E-state index is 0.175. The van der Waals surface area contributed by atoms with E-state index in [1.54, 1.807) is 17.5 Å². The van der Waals surface area contributed by atoms with E-state index in [2.05, 4.69) is 26.6 Å². The molecule has 3 aromatic rings. The molecule has 2 saturated heterocycles. The van der Waals surface area contributed by atoms with E-state index >= 15 is 0 Å². The number of benzene rings is 1. The van der Waals surface area contributed by atoms with Crippen LogP contribution < -0.4 is 26.3 Å². The fourth-order valence-electron chi connectivity index (χ4n) is 4.26. The molecule has 1 amide bonds. The first-order chi connectivity index (χ1) is 14.6. The van der Waals surface area contributed by atoms with Gasteiger partial charge in [-0.3, -0.25) is 9.69 Å². The number of anilines is 3. The second-order valence-corrected chi connectivity index (χ2v) is 9.23. The molecule has 6 nitrogen and oxygen atoms in total. The number of hydrogen-bond donors (Lipinski definition) is 3. The number of thiophene rings is 1. The number of aromatic nitrogens is 1. The first kappa shape index (κ1) is 19.1. The van der Waals surface area contributed by atoms with Crippen LogP contribution in [0.2, 0.25) is 0 Å². The van der Waals surface area contributed by atoms with Crippen molar-refractivity contribution in [1.82, 2.24) is 5.32 Å². The number of nitrogen functional groups attached to an aromatic ring is 1. The van der Waals surface area contributed by atoms with E-state index in [1.807, 2.05) is 41.8 Å². The van der Waals surface area contributed by atoms with Gasteiger partial charge < -0.3 is 16.4 Å². The fraction of sp³-hybridized carbons (Fsp3) is 0.304. The molecule has 0 unspecified atom stereocenters. The van der Waals surface area contributed by atoms with E-state index in [1.165, 1.54) is 12.8 Å². The van der Waals surface area contributed by atoms with Gasteiger partial charge in [-0.15, -0.1) is 11.3 Å². The number of H-pyrrole nitrogens is 1. The highest BCUT2D eigenvalue weighted by molar-refractivity contribution is 7.13. The predicted molar refractivity (Wildman–Crippen MR) is 122 cm³/mol. The Labute approximate surface area is 180 Å². The van der Waals surface area contributed by atoms with Gasteiger partial charge in [0, 0.05) is 29.4 Å². The first-order valence-corrected chi connectivity index (χ1v) is 11.2. The van der Waals surface area contributed by atoms with Gasteiger partial charge in [0.1, 0.15) is 6.20 Å². The van der Waals surface area contributed by atoms with Gasteiger partial charge >= 0.3 is 0 Å². The lowest BCUT2D eigenvalue weighted by Crippen LogP contribution is -2.58. The third-order valence-electron chi connectivity index (χ3n) is 6.33. The highest BCUT2D eigenvalue weighted by Crippen LogP contribution is 2.35. The average molecular weight is 421 g/mol. The van der Waals surface area contributed by atoms with Crippen molar-refractivity contribution < 1.29 is 9.78 Å². The maximum absolute atomic E-state index is 12.8. The highest BCUT2D eigenvalue weighted by atomic mass is 32.1. The lowest BCUT2D eigenvalue weighted by atomic mass is 9.73. The van der Waals surface area contributed by atoms with E-state index < -0.39 is 0 Å². The van der Waals surface area contributed by atoms with Crippen molar-refractivity contribution in [2.24, 2.45) is 5.41 Å². The number of amides is 1. The van der Waals surface area contributed by atoms with E-state index in [-0.39, 0.29) is 5.91 Å². The molecule has 30 heavy (non-hydrogen) atoms. The Morgan fingerprint density at radius 3 is 2.63 bits per heavy atom. The summed E-state index contributed by atoms with van der Waals surface area (Å²) >= 11 is 1.66. The molecule has 5 N–H and O–H groups in total. The van der Waals surface area contributed by atoms with E-state index in [0.29, 0.717) is 22.4 Å². The van der Waals surface area contributed by atoms with Crippen molar-refractivity contribution in [1.29, 1.82) is 0 Å². The van der Waals surface area contributed by atoms with Crippen LogP contribution in [0.15, 0.2) is 54.0 Å². The van der Waals surface area contributed by atoms with Gasteiger partial charge in [-0.2, -0.15) is 0 Å². The van der Waals surface area contributed by atoms with Crippen LogP contribution in [0.1, 0.15) is 23.2 Å². The zero-order valence-corrected chi connectivity index (χ0v) is 17.6. The predicted octanol–water partition coefficient (Wildman–Crippen LogP) is 3.25. The Balaban J connectivity index is 1.26. The van der Waals surface area contributed by atoms with Crippen LogP contribution in [0.4, 0.5) is 17.2 Å². The smallest absolute Gasteiger partial charge is 0.274 e. The molecule has 0 bridgehead atoms. The highest BCUT2D eigenvalue weighted by Gasteiger charge is 2.42. The second kappa shape index (κ2) is 7.74. The second-order valence-electron chi connectivity index (χ2n) is 8.29. The monoisotopic (exact) mass is 420 g/mol. The van der Waals surface area contributed by atoms with Gasteiger partial charge in [-0.1, -0.05) is 12.1 Å². The molecule has 2 aliphatic heterocycles. The van der Waals surface area contributed by atoms with Gasteiger partial charge in [-0.25, -0.2) is 4.98 Å². The molecule has 5 rings (SSSR count). The quantitative estimate of drug-likeness (QED) is 0.566. The zero-order valence-electron chi connectivity index (χ0n) is 16.8. The molecular weight excluding hydrogens is 394 g/mol.